The third-order valence-electron chi connectivity index (χ3n) is 2.72. The maximum absolute atomic E-state index is 12.9. The smallest absolute Gasteiger partial charge is 0.162 e. The largest absolute Gasteiger partial charge is 0.492 e. The average molecular weight is 263 g/mol. The minimum atomic E-state index is -0.899. The van der Waals surface area contributed by atoms with Crippen molar-refractivity contribution in [1.29, 1.82) is 0 Å². The number of aryl methyl sites for hydroxylation is 1. The topological polar surface area (TPSA) is 21.3 Å². The van der Waals surface area contributed by atoms with E-state index in [9.17, 15) is 8.78 Å². The number of halogens is 2. The molecule has 19 heavy (non-hydrogen) atoms. The molecule has 0 aromatic heterocycles. The summed E-state index contributed by atoms with van der Waals surface area (Å²) in [5.74, 6) is -1.44. The highest BCUT2D eigenvalue weighted by molar-refractivity contribution is 5.50. The van der Waals surface area contributed by atoms with Crippen LogP contribution in [0.2, 0.25) is 0 Å². The second kappa shape index (κ2) is 6.18. The van der Waals surface area contributed by atoms with E-state index in [1.165, 1.54) is 6.07 Å². The van der Waals surface area contributed by atoms with Crippen LogP contribution in [-0.2, 0) is 0 Å². The van der Waals surface area contributed by atoms with E-state index in [-0.39, 0.29) is 0 Å². The van der Waals surface area contributed by atoms with Gasteiger partial charge in [0.05, 0.1) is 0 Å². The van der Waals surface area contributed by atoms with Gasteiger partial charge in [-0.1, -0.05) is 18.2 Å². The molecular formula is C15H15F2NO. The lowest BCUT2D eigenvalue weighted by Crippen LogP contribution is -2.12. The van der Waals surface area contributed by atoms with Crippen molar-refractivity contribution in [1.82, 2.24) is 0 Å². The lowest BCUT2D eigenvalue weighted by Gasteiger charge is -2.10. The molecule has 100 valence electrons. The van der Waals surface area contributed by atoms with Crippen molar-refractivity contribution in [2.45, 2.75) is 6.92 Å². The number of ether oxygens (including phenoxy) is 1. The van der Waals surface area contributed by atoms with E-state index in [0.717, 1.165) is 23.4 Å². The highest BCUT2D eigenvalue weighted by Crippen LogP contribution is 2.16. The highest BCUT2D eigenvalue weighted by Gasteiger charge is 2.03. The fraction of sp³-hybridized carbons (Fsp3) is 0.200. The Hall–Kier alpha value is -2.10. The van der Waals surface area contributed by atoms with E-state index in [4.69, 9.17) is 4.74 Å². The second-order valence-electron chi connectivity index (χ2n) is 4.17. The van der Waals surface area contributed by atoms with Crippen LogP contribution >= 0.6 is 0 Å². The van der Waals surface area contributed by atoms with E-state index in [2.05, 4.69) is 5.32 Å². The first-order valence-corrected chi connectivity index (χ1v) is 6.04. The summed E-state index contributed by atoms with van der Waals surface area (Å²) in [5, 5.41) is 3.22. The highest BCUT2D eigenvalue weighted by atomic mass is 19.2. The maximum Gasteiger partial charge on any atom is 0.162 e. The molecule has 0 aliphatic rings. The van der Waals surface area contributed by atoms with Crippen LogP contribution in [0.5, 0.6) is 5.75 Å². The lowest BCUT2D eigenvalue weighted by atomic mass is 10.2. The van der Waals surface area contributed by atoms with E-state index in [0.29, 0.717) is 18.9 Å². The van der Waals surface area contributed by atoms with Crippen molar-refractivity contribution in [3.63, 3.8) is 0 Å². The van der Waals surface area contributed by atoms with Gasteiger partial charge in [0.25, 0.3) is 0 Å². The van der Waals surface area contributed by atoms with Gasteiger partial charge in [0, 0.05) is 18.3 Å². The molecule has 0 amide bonds. The molecule has 4 heteroatoms. The minimum Gasteiger partial charge on any atom is -0.492 e. The van der Waals surface area contributed by atoms with Gasteiger partial charge >= 0.3 is 0 Å². The van der Waals surface area contributed by atoms with Crippen LogP contribution in [0.3, 0.4) is 0 Å². The zero-order chi connectivity index (χ0) is 13.7. The molecule has 0 radical (unpaired) electrons. The van der Waals surface area contributed by atoms with Gasteiger partial charge in [-0.3, -0.25) is 0 Å². The Balaban J connectivity index is 1.81. The normalized spacial score (nSPS) is 10.3. The van der Waals surface area contributed by atoms with Crippen molar-refractivity contribution in [2.24, 2.45) is 0 Å². The molecule has 2 aromatic rings. The molecule has 0 saturated carbocycles. The van der Waals surface area contributed by atoms with Crippen LogP contribution in [0.15, 0.2) is 42.5 Å². The molecule has 0 aliphatic heterocycles. The summed E-state index contributed by atoms with van der Waals surface area (Å²) in [4.78, 5) is 0. The first-order chi connectivity index (χ1) is 9.16. The Morgan fingerprint density at radius 2 is 1.84 bits per heavy atom. The van der Waals surface area contributed by atoms with Crippen molar-refractivity contribution in [2.75, 3.05) is 18.5 Å². The number of hydrogen-bond donors (Lipinski definition) is 1. The lowest BCUT2D eigenvalue weighted by molar-refractivity contribution is 0.329. The van der Waals surface area contributed by atoms with Gasteiger partial charge < -0.3 is 10.1 Å². The summed E-state index contributed by atoms with van der Waals surface area (Å²) in [6.45, 7) is 2.97. The zero-order valence-electron chi connectivity index (χ0n) is 10.6. The van der Waals surface area contributed by atoms with E-state index >= 15 is 0 Å². The molecule has 2 nitrogen and oxygen atoms in total. The average Bonchev–Trinajstić information content (AvgIpc) is 2.40. The molecule has 2 rings (SSSR count). The van der Waals surface area contributed by atoms with Crippen LogP contribution in [-0.4, -0.2) is 13.2 Å². The predicted molar refractivity (Wildman–Crippen MR) is 71.5 cm³/mol. The molecule has 0 atom stereocenters. The summed E-state index contributed by atoms with van der Waals surface area (Å²) in [6.07, 6.45) is 0. The summed E-state index contributed by atoms with van der Waals surface area (Å²) in [6, 6.07) is 11.4. The molecule has 0 heterocycles. The van der Waals surface area contributed by atoms with E-state index in [1.54, 1.807) is 0 Å². The Kier molecular flexibility index (Phi) is 4.34. The molecule has 2 aromatic carbocycles. The fourth-order valence-corrected chi connectivity index (χ4v) is 1.69. The Labute approximate surface area is 111 Å². The van der Waals surface area contributed by atoms with E-state index < -0.39 is 11.6 Å². The third kappa shape index (κ3) is 3.68. The van der Waals surface area contributed by atoms with Gasteiger partial charge in [-0.25, -0.2) is 8.78 Å². The zero-order valence-corrected chi connectivity index (χ0v) is 10.6. The standard InChI is InChI=1S/C15H15F2NO/c1-11-4-2-3-5-15(11)18-8-9-19-12-6-7-13(16)14(17)10-12/h2-7,10,18H,8-9H2,1H3. The number of benzene rings is 2. The van der Waals surface area contributed by atoms with Gasteiger partial charge in [0.2, 0.25) is 0 Å². The van der Waals surface area contributed by atoms with Crippen LogP contribution in [0.4, 0.5) is 14.5 Å². The summed E-state index contributed by atoms with van der Waals surface area (Å²) in [5.41, 5.74) is 2.19. The van der Waals surface area contributed by atoms with E-state index in [1.807, 2.05) is 31.2 Å². The number of anilines is 1. The van der Waals surface area contributed by atoms with Gasteiger partial charge in [-0.15, -0.1) is 0 Å². The van der Waals surface area contributed by atoms with Gasteiger partial charge in [-0.2, -0.15) is 0 Å². The summed E-state index contributed by atoms with van der Waals surface area (Å²) >= 11 is 0. The van der Waals surface area contributed by atoms with Crippen LogP contribution in [0.25, 0.3) is 0 Å². The number of para-hydroxylation sites is 1. The number of hydrogen-bond acceptors (Lipinski definition) is 2. The fourth-order valence-electron chi connectivity index (χ4n) is 1.69. The molecule has 0 spiro atoms. The second-order valence-corrected chi connectivity index (χ2v) is 4.17. The van der Waals surface area contributed by atoms with Gasteiger partial charge in [0.15, 0.2) is 11.6 Å². The quantitative estimate of drug-likeness (QED) is 0.829. The minimum absolute atomic E-state index is 0.325. The summed E-state index contributed by atoms with van der Waals surface area (Å²) < 4.78 is 31.0. The van der Waals surface area contributed by atoms with Gasteiger partial charge in [-0.05, 0) is 30.7 Å². The first kappa shape index (κ1) is 13.3. The summed E-state index contributed by atoms with van der Waals surface area (Å²) in [7, 11) is 0. The molecule has 1 N–H and O–H groups in total. The van der Waals surface area contributed by atoms with Crippen molar-refractivity contribution in [3.8, 4) is 5.75 Å². The molecule has 0 unspecified atom stereocenters. The SMILES string of the molecule is Cc1ccccc1NCCOc1ccc(F)c(F)c1. The maximum atomic E-state index is 12.9. The molecule has 0 saturated heterocycles. The third-order valence-corrected chi connectivity index (χ3v) is 2.72. The Bertz CT molecular complexity index is 558. The van der Waals surface area contributed by atoms with Crippen LogP contribution < -0.4 is 10.1 Å². The molecule has 0 aliphatic carbocycles. The van der Waals surface area contributed by atoms with Gasteiger partial charge in [0.1, 0.15) is 12.4 Å². The van der Waals surface area contributed by atoms with Crippen LogP contribution in [0, 0.1) is 18.6 Å². The molecule has 0 bridgehead atoms. The Morgan fingerprint density at radius 3 is 2.58 bits per heavy atom. The monoisotopic (exact) mass is 263 g/mol. The van der Waals surface area contributed by atoms with Crippen molar-refractivity contribution >= 4 is 5.69 Å². The van der Waals surface area contributed by atoms with Crippen molar-refractivity contribution < 1.29 is 13.5 Å². The van der Waals surface area contributed by atoms with Crippen LogP contribution in [0.1, 0.15) is 5.56 Å². The predicted octanol–water partition coefficient (Wildman–Crippen LogP) is 3.76. The molecular weight excluding hydrogens is 248 g/mol. The first-order valence-electron chi connectivity index (χ1n) is 6.04. The number of rotatable bonds is 5. The molecule has 0 fully saturated rings. The number of nitrogens with one attached hydrogen (secondary N) is 1. The van der Waals surface area contributed by atoms with Crippen molar-refractivity contribution in [3.05, 3.63) is 59.7 Å². The Morgan fingerprint density at radius 1 is 1.05 bits per heavy atom.